The highest BCUT2D eigenvalue weighted by Gasteiger charge is 2.09. The predicted octanol–water partition coefficient (Wildman–Crippen LogP) is 7.77. The summed E-state index contributed by atoms with van der Waals surface area (Å²) in [4.78, 5) is 17.3. The van der Waals surface area contributed by atoms with E-state index in [1.807, 2.05) is 60.8 Å². The molecule has 4 rings (SSSR count). The number of aromatic nitrogens is 1. The van der Waals surface area contributed by atoms with Gasteiger partial charge in [0.05, 0.1) is 5.69 Å². The lowest BCUT2D eigenvalue weighted by atomic mass is 9.99. The molecule has 0 radical (unpaired) electrons. The molecule has 0 unspecified atom stereocenters. The van der Waals surface area contributed by atoms with Gasteiger partial charge in [0.25, 0.3) is 0 Å². The fraction of sp³-hybridized carbons (Fsp3) is 0.200. The number of unbranched alkanes of at least 4 members (excludes halogenated alkanes) is 3. The van der Waals surface area contributed by atoms with Crippen LogP contribution in [0.3, 0.4) is 0 Å². The summed E-state index contributed by atoms with van der Waals surface area (Å²) in [6.07, 6.45) is 8.22. The van der Waals surface area contributed by atoms with Crippen LogP contribution < -0.4 is 0 Å². The molecule has 0 saturated carbocycles. The standard InChI is InChI=1S/C30H29NO/c1-2-3-4-6-9-23-12-14-25(15-13-23)29-21-20-28(22-31-29)24-16-18-27(19-17-24)30(32)26-10-7-5-8-11-26/h5,7-8,10-22H,2-4,6,9H2,1H3. The summed E-state index contributed by atoms with van der Waals surface area (Å²) in [5.74, 6) is 0.0411. The maximum atomic E-state index is 12.6. The van der Waals surface area contributed by atoms with Crippen LogP contribution in [0.4, 0.5) is 0 Å². The van der Waals surface area contributed by atoms with E-state index in [0.29, 0.717) is 11.1 Å². The van der Waals surface area contributed by atoms with Crippen LogP contribution in [-0.2, 0) is 6.42 Å². The van der Waals surface area contributed by atoms with Crippen LogP contribution in [0.15, 0.2) is 97.2 Å². The van der Waals surface area contributed by atoms with Crippen LogP contribution in [0.5, 0.6) is 0 Å². The van der Waals surface area contributed by atoms with Crippen LogP contribution in [0.25, 0.3) is 22.4 Å². The predicted molar refractivity (Wildman–Crippen MR) is 133 cm³/mol. The van der Waals surface area contributed by atoms with E-state index in [1.165, 1.54) is 31.2 Å². The summed E-state index contributed by atoms with van der Waals surface area (Å²) in [6.45, 7) is 2.25. The van der Waals surface area contributed by atoms with Crippen molar-refractivity contribution in [2.75, 3.05) is 0 Å². The number of benzene rings is 3. The van der Waals surface area contributed by atoms with E-state index in [4.69, 9.17) is 0 Å². The monoisotopic (exact) mass is 419 g/mol. The van der Waals surface area contributed by atoms with Crippen molar-refractivity contribution in [3.8, 4) is 22.4 Å². The molecule has 2 nitrogen and oxygen atoms in total. The van der Waals surface area contributed by atoms with Gasteiger partial charge in [-0.1, -0.05) is 111 Å². The van der Waals surface area contributed by atoms with Gasteiger partial charge in [0.1, 0.15) is 0 Å². The molecule has 0 atom stereocenters. The van der Waals surface area contributed by atoms with Crippen molar-refractivity contribution in [2.45, 2.75) is 39.0 Å². The van der Waals surface area contributed by atoms with Crippen molar-refractivity contribution in [3.05, 3.63) is 114 Å². The van der Waals surface area contributed by atoms with Crippen molar-refractivity contribution in [1.82, 2.24) is 4.98 Å². The Balaban J connectivity index is 1.42. The minimum atomic E-state index is 0.0411. The van der Waals surface area contributed by atoms with E-state index in [9.17, 15) is 4.79 Å². The minimum Gasteiger partial charge on any atom is -0.289 e. The first-order valence-electron chi connectivity index (χ1n) is 11.5. The van der Waals surface area contributed by atoms with Gasteiger partial charge in [0.2, 0.25) is 0 Å². The van der Waals surface area contributed by atoms with E-state index < -0.39 is 0 Å². The highest BCUT2D eigenvalue weighted by Crippen LogP contribution is 2.24. The molecule has 1 aromatic heterocycles. The summed E-state index contributed by atoms with van der Waals surface area (Å²) in [5.41, 5.74) is 7.00. The molecule has 32 heavy (non-hydrogen) atoms. The number of pyridine rings is 1. The van der Waals surface area contributed by atoms with Crippen molar-refractivity contribution < 1.29 is 4.79 Å². The zero-order valence-electron chi connectivity index (χ0n) is 18.6. The van der Waals surface area contributed by atoms with Gasteiger partial charge in [-0.25, -0.2) is 0 Å². The second-order valence-corrected chi connectivity index (χ2v) is 8.21. The number of hydrogen-bond acceptors (Lipinski definition) is 2. The first-order valence-corrected chi connectivity index (χ1v) is 11.5. The Bertz CT molecular complexity index is 1130. The highest BCUT2D eigenvalue weighted by atomic mass is 16.1. The second-order valence-electron chi connectivity index (χ2n) is 8.21. The Morgan fingerprint density at radius 3 is 1.97 bits per heavy atom. The summed E-state index contributed by atoms with van der Waals surface area (Å²) >= 11 is 0. The number of aryl methyl sites for hydroxylation is 1. The van der Waals surface area contributed by atoms with Gasteiger partial charge >= 0.3 is 0 Å². The average Bonchev–Trinajstić information content (AvgIpc) is 2.87. The quantitative estimate of drug-likeness (QED) is 0.205. The fourth-order valence-electron chi connectivity index (χ4n) is 3.90. The third-order valence-corrected chi connectivity index (χ3v) is 5.85. The van der Waals surface area contributed by atoms with Crippen molar-refractivity contribution >= 4 is 5.78 Å². The Kier molecular flexibility index (Phi) is 7.24. The van der Waals surface area contributed by atoms with Crippen molar-refractivity contribution in [3.63, 3.8) is 0 Å². The normalized spacial score (nSPS) is 10.8. The van der Waals surface area contributed by atoms with Gasteiger partial charge in [-0.3, -0.25) is 9.78 Å². The Morgan fingerprint density at radius 2 is 1.31 bits per heavy atom. The Morgan fingerprint density at radius 1 is 0.656 bits per heavy atom. The fourth-order valence-corrected chi connectivity index (χ4v) is 3.90. The molecule has 2 heteroatoms. The zero-order valence-corrected chi connectivity index (χ0v) is 18.6. The summed E-state index contributed by atoms with van der Waals surface area (Å²) in [6, 6.07) is 30.1. The molecule has 3 aromatic carbocycles. The molecule has 160 valence electrons. The summed E-state index contributed by atoms with van der Waals surface area (Å²) < 4.78 is 0. The number of nitrogens with zero attached hydrogens (tertiary/aromatic N) is 1. The largest absolute Gasteiger partial charge is 0.289 e. The van der Waals surface area contributed by atoms with Gasteiger partial charge in [-0.15, -0.1) is 0 Å². The summed E-state index contributed by atoms with van der Waals surface area (Å²) in [5, 5.41) is 0. The molecule has 0 N–H and O–H groups in total. The number of rotatable bonds is 9. The van der Waals surface area contributed by atoms with Crippen LogP contribution in [0, 0.1) is 0 Å². The lowest BCUT2D eigenvalue weighted by Crippen LogP contribution is -2.00. The number of carbonyl (C=O) groups is 1. The summed E-state index contributed by atoms with van der Waals surface area (Å²) in [7, 11) is 0. The van der Waals surface area contributed by atoms with Crippen LogP contribution >= 0.6 is 0 Å². The lowest BCUT2D eigenvalue weighted by molar-refractivity contribution is 0.103. The number of hydrogen-bond donors (Lipinski definition) is 0. The van der Waals surface area contributed by atoms with Gasteiger partial charge in [0, 0.05) is 28.5 Å². The van der Waals surface area contributed by atoms with Crippen molar-refractivity contribution in [1.29, 1.82) is 0 Å². The molecular weight excluding hydrogens is 390 g/mol. The molecule has 0 saturated heterocycles. The van der Waals surface area contributed by atoms with Gasteiger partial charge < -0.3 is 0 Å². The van der Waals surface area contributed by atoms with Gasteiger partial charge in [-0.05, 0) is 30.0 Å². The Hall–Kier alpha value is -3.52. The maximum absolute atomic E-state index is 12.6. The second kappa shape index (κ2) is 10.7. The van der Waals surface area contributed by atoms with Crippen LogP contribution in [0.2, 0.25) is 0 Å². The third-order valence-electron chi connectivity index (χ3n) is 5.85. The van der Waals surface area contributed by atoms with E-state index in [0.717, 1.165) is 28.8 Å². The molecule has 0 aliphatic heterocycles. The molecule has 1 heterocycles. The van der Waals surface area contributed by atoms with Gasteiger partial charge in [-0.2, -0.15) is 0 Å². The molecule has 0 spiro atoms. The smallest absolute Gasteiger partial charge is 0.193 e. The maximum Gasteiger partial charge on any atom is 0.193 e. The molecule has 0 fully saturated rings. The molecule has 0 bridgehead atoms. The SMILES string of the molecule is CCCCCCc1ccc(-c2ccc(-c3ccc(C(=O)c4ccccc4)cc3)cn2)cc1. The van der Waals surface area contributed by atoms with E-state index in [-0.39, 0.29) is 5.78 Å². The molecule has 0 aliphatic carbocycles. The van der Waals surface area contributed by atoms with E-state index in [1.54, 1.807) is 0 Å². The molecular formula is C30H29NO. The number of ketones is 1. The average molecular weight is 420 g/mol. The number of carbonyl (C=O) groups excluding carboxylic acids is 1. The highest BCUT2D eigenvalue weighted by molar-refractivity contribution is 6.09. The van der Waals surface area contributed by atoms with E-state index in [2.05, 4.69) is 48.3 Å². The van der Waals surface area contributed by atoms with Gasteiger partial charge in [0.15, 0.2) is 5.78 Å². The van der Waals surface area contributed by atoms with Crippen molar-refractivity contribution in [2.24, 2.45) is 0 Å². The zero-order chi connectivity index (χ0) is 22.2. The molecule has 0 amide bonds. The Labute approximate surface area is 191 Å². The first-order chi connectivity index (χ1) is 15.7. The molecule has 4 aromatic rings. The lowest BCUT2D eigenvalue weighted by Gasteiger charge is -2.07. The minimum absolute atomic E-state index is 0.0411. The first kappa shape index (κ1) is 21.7. The van der Waals surface area contributed by atoms with E-state index >= 15 is 0 Å². The van der Waals surface area contributed by atoms with Crippen LogP contribution in [0.1, 0.15) is 54.1 Å². The topological polar surface area (TPSA) is 30.0 Å². The third kappa shape index (κ3) is 5.39. The van der Waals surface area contributed by atoms with Crippen LogP contribution in [-0.4, -0.2) is 10.8 Å². The molecule has 0 aliphatic rings.